The maximum atomic E-state index is 6.58. The molecular weight excluding hydrogens is 715 g/mol. The number of thiophene rings is 1. The van der Waals surface area contributed by atoms with Gasteiger partial charge in [-0.3, -0.25) is 0 Å². The molecule has 8 aromatic carbocycles. The standard InChI is InChI=1S/C52H33N3OS/c1-32-10-7-13-36(28-32)37-14-8-15-38(29-37)50-53-51(55-52(54-50)40-24-26-43-42-16-5-6-19-47(42)57-48(43)31-40)39-25-27-44-46(30-39)56-45-18-9-17-41(49(44)45)35-22-20-34(21-23-35)33-11-3-2-4-12-33/h2-31H,1H3. The van der Waals surface area contributed by atoms with Gasteiger partial charge in [0.2, 0.25) is 0 Å². The van der Waals surface area contributed by atoms with E-state index in [1.807, 2.05) is 12.1 Å². The lowest BCUT2D eigenvalue weighted by atomic mass is 9.96. The third-order valence-electron chi connectivity index (χ3n) is 10.8. The summed E-state index contributed by atoms with van der Waals surface area (Å²) in [5.74, 6) is 1.83. The Morgan fingerprint density at radius 1 is 0.368 bits per heavy atom. The van der Waals surface area contributed by atoms with Crippen molar-refractivity contribution in [2.45, 2.75) is 6.92 Å². The number of furan rings is 1. The highest BCUT2D eigenvalue weighted by atomic mass is 32.1. The van der Waals surface area contributed by atoms with E-state index in [-0.39, 0.29) is 0 Å². The van der Waals surface area contributed by atoms with Crippen LogP contribution in [0.2, 0.25) is 0 Å². The second-order valence-electron chi connectivity index (χ2n) is 14.5. The summed E-state index contributed by atoms with van der Waals surface area (Å²) < 4.78 is 9.05. The van der Waals surface area contributed by atoms with Crippen molar-refractivity contribution in [2.24, 2.45) is 0 Å². The number of hydrogen-bond acceptors (Lipinski definition) is 5. The van der Waals surface area contributed by atoms with E-state index in [1.54, 1.807) is 11.3 Å². The van der Waals surface area contributed by atoms with Crippen LogP contribution in [0.5, 0.6) is 0 Å². The molecule has 268 valence electrons. The molecule has 57 heavy (non-hydrogen) atoms. The van der Waals surface area contributed by atoms with E-state index in [0.717, 1.165) is 60.9 Å². The average Bonchev–Trinajstić information content (AvgIpc) is 3.84. The molecule has 0 aliphatic carbocycles. The summed E-state index contributed by atoms with van der Waals surface area (Å²) in [6, 6.07) is 64.0. The van der Waals surface area contributed by atoms with Crippen LogP contribution in [-0.2, 0) is 0 Å². The summed E-state index contributed by atoms with van der Waals surface area (Å²) in [4.78, 5) is 15.4. The van der Waals surface area contributed by atoms with E-state index in [2.05, 4.69) is 177 Å². The third-order valence-corrected chi connectivity index (χ3v) is 11.9. The van der Waals surface area contributed by atoms with Gasteiger partial charge in [-0.2, -0.15) is 0 Å². The van der Waals surface area contributed by atoms with Crippen molar-refractivity contribution in [3.8, 4) is 67.5 Å². The van der Waals surface area contributed by atoms with Crippen molar-refractivity contribution in [3.63, 3.8) is 0 Å². The molecule has 0 radical (unpaired) electrons. The van der Waals surface area contributed by atoms with Gasteiger partial charge in [-0.15, -0.1) is 11.3 Å². The zero-order valence-electron chi connectivity index (χ0n) is 31.0. The lowest BCUT2D eigenvalue weighted by Crippen LogP contribution is -2.00. The minimum absolute atomic E-state index is 0.589. The van der Waals surface area contributed by atoms with Crippen molar-refractivity contribution in [1.82, 2.24) is 15.0 Å². The van der Waals surface area contributed by atoms with Gasteiger partial charge < -0.3 is 4.42 Å². The van der Waals surface area contributed by atoms with Crippen LogP contribution in [-0.4, -0.2) is 15.0 Å². The van der Waals surface area contributed by atoms with Gasteiger partial charge in [0.15, 0.2) is 17.5 Å². The monoisotopic (exact) mass is 747 g/mol. The zero-order valence-corrected chi connectivity index (χ0v) is 31.8. The van der Waals surface area contributed by atoms with Gasteiger partial charge in [-0.25, -0.2) is 15.0 Å². The first-order valence-electron chi connectivity index (χ1n) is 19.1. The van der Waals surface area contributed by atoms with Crippen LogP contribution in [0.15, 0.2) is 186 Å². The van der Waals surface area contributed by atoms with E-state index in [1.165, 1.54) is 36.9 Å². The molecule has 0 spiro atoms. The summed E-state index contributed by atoms with van der Waals surface area (Å²) in [6.45, 7) is 2.12. The minimum atomic E-state index is 0.589. The molecule has 0 unspecified atom stereocenters. The normalized spacial score (nSPS) is 11.6. The highest BCUT2D eigenvalue weighted by molar-refractivity contribution is 7.25. The van der Waals surface area contributed by atoms with Crippen molar-refractivity contribution >= 4 is 53.4 Å². The molecule has 4 nitrogen and oxygen atoms in total. The van der Waals surface area contributed by atoms with Gasteiger partial charge in [-0.05, 0) is 76.7 Å². The highest BCUT2D eigenvalue weighted by Gasteiger charge is 2.18. The van der Waals surface area contributed by atoms with E-state index in [0.29, 0.717) is 17.5 Å². The van der Waals surface area contributed by atoms with Gasteiger partial charge in [0.25, 0.3) is 0 Å². The average molecular weight is 748 g/mol. The first-order chi connectivity index (χ1) is 28.1. The molecule has 0 bridgehead atoms. The van der Waals surface area contributed by atoms with Crippen LogP contribution in [0.1, 0.15) is 5.56 Å². The number of benzene rings is 8. The molecule has 0 saturated carbocycles. The molecule has 3 heterocycles. The molecule has 0 aliphatic rings. The fourth-order valence-electron chi connectivity index (χ4n) is 7.97. The Morgan fingerprint density at radius 3 is 1.72 bits per heavy atom. The fraction of sp³-hybridized carbons (Fsp3) is 0.0192. The van der Waals surface area contributed by atoms with E-state index in [9.17, 15) is 0 Å². The van der Waals surface area contributed by atoms with Crippen LogP contribution < -0.4 is 0 Å². The maximum Gasteiger partial charge on any atom is 0.164 e. The lowest BCUT2D eigenvalue weighted by molar-refractivity contribution is 0.669. The quantitative estimate of drug-likeness (QED) is 0.170. The number of aryl methyl sites for hydroxylation is 1. The summed E-state index contributed by atoms with van der Waals surface area (Å²) in [6.07, 6.45) is 0. The Balaban J connectivity index is 1.04. The second-order valence-corrected chi connectivity index (χ2v) is 15.6. The predicted molar refractivity (Wildman–Crippen MR) is 237 cm³/mol. The second kappa shape index (κ2) is 13.5. The van der Waals surface area contributed by atoms with Gasteiger partial charge in [-0.1, -0.05) is 151 Å². The third kappa shape index (κ3) is 5.97. The number of nitrogens with zero attached hydrogens (tertiary/aromatic N) is 3. The molecule has 11 aromatic rings. The topological polar surface area (TPSA) is 51.8 Å². The first kappa shape index (κ1) is 33.2. The summed E-state index contributed by atoms with van der Waals surface area (Å²) in [5, 5.41) is 4.64. The van der Waals surface area contributed by atoms with Gasteiger partial charge in [0, 0.05) is 47.6 Å². The van der Waals surface area contributed by atoms with E-state index < -0.39 is 0 Å². The molecule has 5 heteroatoms. The highest BCUT2D eigenvalue weighted by Crippen LogP contribution is 2.40. The van der Waals surface area contributed by atoms with Crippen LogP contribution in [0, 0.1) is 6.92 Å². The molecule has 0 amide bonds. The number of hydrogen-bond donors (Lipinski definition) is 0. The Hall–Kier alpha value is -7.21. The molecule has 0 N–H and O–H groups in total. The zero-order chi connectivity index (χ0) is 37.9. The van der Waals surface area contributed by atoms with Crippen LogP contribution in [0.4, 0.5) is 0 Å². The number of aromatic nitrogens is 3. The molecule has 0 aliphatic heterocycles. The summed E-state index contributed by atoms with van der Waals surface area (Å²) in [5.41, 5.74) is 12.5. The Labute approximate surface area is 333 Å². The molecule has 3 aromatic heterocycles. The summed E-state index contributed by atoms with van der Waals surface area (Å²) in [7, 11) is 0. The molecule has 0 fully saturated rings. The van der Waals surface area contributed by atoms with Crippen LogP contribution >= 0.6 is 11.3 Å². The minimum Gasteiger partial charge on any atom is -0.456 e. The smallest absolute Gasteiger partial charge is 0.164 e. The van der Waals surface area contributed by atoms with Gasteiger partial charge >= 0.3 is 0 Å². The SMILES string of the molecule is Cc1cccc(-c2cccc(-c3nc(-c4ccc5c(c4)oc4cccc(-c6ccc(-c7ccccc7)cc6)c45)nc(-c4ccc5c(c4)sc4ccccc45)n3)c2)c1. The van der Waals surface area contributed by atoms with Crippen LogP contribution in [0.3, 0.4) is 0 Å². The Morgan fingerprint density at radius 2 is 0.930 bits per heavy atom. The van der Waals surface area contributed by atoms with Crippen LogP contribution in [0.25, 0.3) is 110 Å². The largest absolute Gasteiger partial charge is 0.456 e. The lowest BCUT2D eigenvalue weighted by Gasteiger charge is -2.10. The Kier molecular flexibility index (Phi) is 7.86. The predicted octanol–water partition coefficient (Wildman–Crippen LogP) is 14.4. The molecule has 0 saturated heterocycles. The van der Waals surface area contributed by atoms with Crippen molar-refractivity contribution < 1.29 is 4.42 Å². The Bertz CT molecular complexity index is 3310. The van der Waals surface area contributed by atoms with E-state index in [4.69, 9.17) is 19.4 Å². The van der Waals surface area contributed by atoms with Crippen molar-refractivity contribution in [2.75, 3.05) is 0 Å². The van der Waals surface area contributed by atoms with Crippen molar-refractivity contribution in [3.05, 3.63) is 188 Å². The molecule has 0 atom stereocenters. The summed E-state index contributed by atoms with van der Waals surface area (Å²) >= 11 is 1.79. The van der Waals surface area contributed by atoms with Gasteiger partial charge in [0.05, 0.1) is 0 Å². The van der Waals surface area contributed by atoms with Gasteiger partial charge in [0.1, 0.15) is 11.2 Å². The fourth-order valence-corrected chi connectivity index (χ4v) is 9.11. The molecular formula is C52H33N3OS. The maximum absolute atomic E-state index is 6.58. The molecule has 11 rings (SSSR count). The number of fused-ring (bicyclic) bond motifs is 6. The number of rotatable bonds is 6. The first-order valence-corrected chi connectivity index (χ1v) is 19.9. The van der Waals surface area contributed by atoms with E-state index >= 15 is 0 Å². The van der Waals surface area contributed by atoms with Crippen molar-refractivity contribution in [1.29, 1.82) is 0 Å².